The van der Waals surface area contributed by atoms with Gasteiger partial charge in [-0.3, -0.25) is 4.68 Å². The molecule has 0 aliphatic heterocycles. The molecule has 0 aliphatic rings. The normalized spacial score (nSPS) is 11.0. The Bertz CT molecular complexity index is 634. The van der Waals surface area contributed by atoms with E-state index in [1.807, 2.05) is 55.2 Å². The van der Waals surface area contributed by atoms with E-state index in [1.54, 1.807) is 4.68 Å². The van der Waals surface area contributed by atoms with Crippen LogP contribution >= 0.6 is 0 Å². The summed E-state index contributed by atoms with van der Waals surface area (Å²) in [5, 5.41) is 4.37. The number of hydrogen-bond donors (Lipinski definition) is 0. The summed E-state index contributed by atoms with van der Waals surface area (Å²) in [5.41, 5.74) is 2.01. The largest absolute Gasteiger partial charge is 0.352 e. The Morgan fingerprint density at radius 3 is 2.83 bits per heavy atom. The van der Waals surface area contributed by atoms with Crippen molar-refractivity contribution in [1.29, 1.82) is 0 Å². The molecule has 0 fully saturated rings. The first-order valence-electron chi connectivity index (χ1n) is 5.86. The van der Waals surface area contributed by atoms with Gasteiger partial charge in [0, 0.05) is 38.8 Å². The number of rotatable bonds is 3. The monoisotopic (exact) mass is 241 g/mol. The summed E-state index contributed by atoms with van der Waals surface area (Å²) >= 11 is 0. The number of aryl methyl sites for hydroxylation is 1. The highest BCUT2D eigenvalue weighted by atomic mass is 15.3. The average Bonchev–Trinajstić information content (AvgIpc) is 2.94. The van der Waals surface area contributed by atoms with Crippen molar-refractivity contribution >= 4 is 11.5 Å². The lowest BCUT2D eigenvalue weighted by molar-refractivity contribution is 0.750. The lowest BCUT2D eigenvalue weighted by Crippen LogP contribution is -2.17. The van der Waals surface area contributed by atoms with Crippen molar-refractivity contribution in [2.75, 3.05) is 11.9 Å². The zero-order valence-electron chi connectivity index (χ0n) is 10.5. The molecule has 0 bridgehead atoms. The molecule has 0 N–H and O–H groups in total. The van der Waals surface area contributed by atoms with Crippen LogP contribution in [0.5, 0.6) is 0 Å². The SMILES string of the molecule is CN(Cc1cn2ccccc2n1)c1ccn(C)n1. The maximum absolute atomic E-state index is 4.57. The highest BCUT2D eigenvalue weighted by Gasteiger charge is 2.07. The Morgan fingerprint density at radius 1 is 1.22 bits per heavy atom. The first kappa shape index (κ1) is 10.8. The molecule has 0 saturated carbocycles. The van der Waals surface area contributed by atoms with Crippen LogP contribution in [0.1, 0.15) is 5.69 Å². The maximum atomic E-state index is 4.57. The highest BCUT2D eigenvalue weighted by molar-refractivity contribution is 5.41. The van der Waals surface area contributed by atoms with Crippen LogP contribution in [-0.2, 0) is 13.6 Å². The summed E-state index contributed by atoms with van der Waals surface area (Å²) in [5.74, 6) is 0.953. The van der Waals surface area contributed by atoms with Gasteiger partial charge in [0.15, 0.2) is 5.82 Å². The van der Waals surface area contributed by atoms with E-state index in [4.69, 9.17) is 0 Å². The molecule has 0 aromatic carbocycles. The number of pyridine rings is 1. The van der Waals surface area contributed by atoms with Crippen LogP contribution in [0.4, 0.5) is 5.82 Å². The van der Waals surface area contributed by atoms with Crippen molar-refractivity contribution in [3.05, 3.63) is 48.5 Å². The third-order valence-electron chi connectivity index (χ3n) is 2.90. The molecule has 0 aliphatic carbocycles. The number of hydrogen-bond acceptors (Lipinski definition) is 3. The second-order valence-corrected chi connectivity index (χ2v) is 4.40. The van der Waals surface area contributed by atoms with Crippen molar-refractivity contribution < 1.29 is 0 Å². The van der Waals surface area contributed by atoms with Crippen molar-refractivity contribution in [2.45, 2.75) is 6.54 Å². The Balaban J connectivity index is 1.83. The molecular weight excluding hydrogens is 226 g/mol. The number of aromatic nitrogens is 4. The molecule has 0 atom stereocenters. The first-order chi connectivity index (χ1) is 8.72. The van der Waals surface area contributed by atoms with Crippen molar-refractivity contribution in [1.82, 2.24) is 19.2 Å². The second-order valence-electron chi connectivity index (χ2n) is 4.40. The summed E-state index contributed by atoms with van der Waals surface area (Å²) in [7, 11) is 3.94. The lowest BCUT2D eigenvalue weighted by Gasteiger charge is -2.13. The first-order valence-corrected chi connectivity index (χ1v) is 5.86. The van der Waals surface area contributed by atoms with Gasteiger partial charge in [0.2, 0.25) is 0 Å². The average molecular weight is 241 g/mol. The van der Waals surface area contributed by atoms with E-state index in [2.05, 4.69) is 21.2 Å². The number of nitrogens with zero attached hydrogens (tertiary/aromatic N) is 5. The molecule has 5 heteroatoms. The summed E-state index contributed by atoms with van der Waals surface area (Å²) in [6, 6.07) is 8.00. The van der Waals surface area contributed by atoms with Crippen LogP contribution in [0.25, 0.3) is 5.65 Å². The van der Waals surface area contributed by atoms with Crippen LogP contribution in [0.2, 0.25) is 0 Å². The summed E-state index contributed by atoms with van der Waals surface area (Å²) in [6.07, 6.45) is 6.00. The lowest BCUT2D eigenvalue weighted by atomic mass is 10.4. The Kier molecular flexibility index (Phi) is 2.51. The minimum absolute atomic E-state index is 0.749. The summed E-state index contributed by atoms with van der Waals surface area (Å²) < 4.78 is 3.83. The predicted octanol–water partition coefficient (Wildman–Crippen LogP) is 1.70. The molecule has 18 heavy (non-hydrogen) atoms. The van der Waals surface area contributed by atoms with Crippen LogP contribution in [0, 0.1) is 0 Å². The summed E-state index contributed by atoms with van der Waals surface area (Å²) in [6.45, 7) is 0.749. The molecule has 3 aromatic heterocycles. The van der Waals surface area contributed by atoms with E-state index in [-0.39, 0.29) is 0 Å². The van der Waals surface area contributed by atoms with Crippen molar-refractivity contribution in [3.63, 3.8) is 0 Å². The van der Waals surface area contributed by atoms with E-state index < -0.39 is 0 Å². The van der Waals surface area contributed by atoms with Gasteiger partial charge < -0.3 is 9.30 Å². The quantitative estimate of drug-likeness (QED) is 0.700. The molecule has 92 valence electrons. The molecule has 3 aromatic rings. The van der Waals surface area contributed by atoms with E-state index in [9.17, 15) is 0 Å². The Hall–Kier alpha value is -2.30. The van der Waals surface area contributed by atoms with Gasteiger partial charge in [0.05, 0.1) is 12.2 Å². The molecule has 0 saturated heterocycles. The second kappa shape index (κ2) is 4.18. The number of fused-ring (bicyclic) bond motifs is 1. The standard InChI is InChI=1S/C13H15N5/c1-16(13-6-8-17(2)15-13)9-11-10-18-7-4-3-5-12(18)14-11/h3-8,10H,9H2,1-2H3. The van der Waals surface area contributed by atoms with E-state index >= 15 is 0 Å². The fourth-order valence-corrected chi connectivity index (χ4v) is 1.99. The third-order valence-corrected chi connectivity index (χ3v) is 2.90. The van der Waals surface area contributed by atoms with Crippen LogP contribution in [0.15, 0.2) is 42.9 Å². The van der Waals surface area contributed by atoms with Gasteiger partial charge in [-0.25, -0.2) is 4.98 Å². The van der Waals surface area contributed by atoms with Crippen LogP contribution in [0.3, 0.4) is 0 Å². The molecule has 0 spiro atoms. The van der Waals surface area contributed by atoms with Gasteiger partial charge in [-0.05, 0) is 12.1 Å². The molecule has 3 heterocycles. The van der Waals surface area contributed by atoms with Gasteiger partial charge in [-0.1, -0.05) is 6.07 Å². The molecule has 5 nitrogen and oxygen atoms in total. The minimum Gasteiger partial charge on any atom is -0.352 e. The van der Waals surface area contributed by atoms with E-state index in [1.165, 1.54) is 0 Å². The summed E-state index contributed by atoms with van der Waals surface area (Å²) in [4.78, 5) is 6.66. The van der Waals surface area contributed by atoms with Gasteiger partial charge in [0.1, 0.15) is 5.65 Å². The van der Waals surface area contributed by atoms with Crippen LogP contribution < -0.4 is 4.90 Å². The van der Waals surface area contributed by atoms with Crippen molar-refractivity contribution in [3.8, 4) is 0 Å². The smallest absolute Gasteiger partial charge is 0.150 e. The molecule has 0 unspecified atom stereocenters. The minimum atomic E-state index is 0.749. The number of imidazole rings is 1. The molecular formula is C13H15N5. The van der Waals surface area contributed by atoms with Crippen LogP contribution in [-0.4, -0.2) is 26.2 Å². The number of anilines is 1. The maximum Gasteiger partial charge on any atom is 0.150 e. The predicted molar refractivity (Wildman–Crippen MR) is 70.5 cm³/mol. The van der Waals surface area contributed by atoms with Gasteiger partial charge in [-0.2, -0.15) is 5.10 Å². The fraction of sp³-hybridized carbons (Fsp3) is 0.231. The van der Waals surface area contributed by atoms with Gasteiger partial charge in [0.25, 0.3) is 0 Å². The molecule has 3 rings (SSSR count). The van der Waals surface area contributed by atoms with Gasteiger partial charge in [-0.15, -0.1) is 0 Å². The zero-order chi connectivity index (χ0) is 12.5. The fourth-order valence-electron chi connectivity index (χ4n) is 1.99. The zero-order valence-corrected chi connectivity index (χ0v) is 10.5. The Morgan fingerprint density at radius 2 is 2.11 bits per heavy atom. The molecule has 0 radical (unpaired) electrons. The topological polar surface area (TPSA) is 38.4 Å². The van der Waals surface area contributed by atoms with E-state index in [0.717, 1.165) is 23.7 Å². The highest BCUT2D eigenvalue weighted by Crippen LogP contribution is 2.12. The van der Waals surface area contributed by atoms with Gasteiger partial charge >= 0.3 is 0 Å². The molecule has 0 amide bonds. The third kappa shape index (κ3) is 1.95. The van der Waals surface area contributed by atoms with E-state index in [0.29, 0.717) is 0 Å². The Labute approximate surface area is 105 Å². The van der Waals surface area contributed by atoms with Crippen molar-refractivity contribution in [2.24, 2.45) is 7.05 Å².